The largest absolute Gasteiger partial charge is 0.471 e. The van der Waals surface area contributed by atoms with Gasteiger partial charge in [0.05, 0.1) is 11.9 Å². The Morgan fingerprint density at radius 1 is 1.53 bits per heavy atom. The molecule has 0 spiro atoms. The van der Waals surface area contributed by atoms with E-state index in [9.17, 15) is 18.0 Å². The number of nitrogens with one attached hydrogen (secondary N) is 1. The summed E-state index contributed by atoms with van der Waals surface area (Å²) in [5, 5.41) is 1.32. The number of hydrogen-bond acceptors (Lipinski definition) is 3. The molecule has 82 valence electrons. The van der Waals surface area contributed by atoms with Gasteiger partial charge in [-0.2, -0.15) is 13.2 Å². The van der Waals surface area contributed by atoms with Crippen LogP contribution in [0, 0.1) is 6.92 Å². The molecular weight excluding hydrogens is 235 g/mol. The maximum Gasteiger partial charge on any atom is 0.471 e. The highest BCUT2D eigenvalue weighted by Gasteiger charge is 2.39. The molecule has 0 radical (unpaired) electrons. The molecule has 0 bridgehead atoms. The smallest absolute Gasteiger partial charge is 0.314 e. The van der Waals surface area contributed by atoms with Gasteiger partial charge < -0.3 is 5.32 Å². The predicted molar refractivity (Wildman–Crippen MR) is 46.5 cm³/mol. The second-order valence-electron chi connectivity index (χ2n) is 2.57. The topological polar surface area (TPSA) is 54.9 Å². The van der Waals surface area contributed by atoms with Crippen molar-refractivity contribution in [2.75, 3.05) is 5.32 Å². The number of aromatic nitrogens is 2. The Labute approximate surface area is 87.5 Å². The van der Waals surface area contributed by atoms with Crippen molar-refractivity contribution < 1.29 is 18.0 Å². The maximum absolute atomic E-state index is 11.8. The number of anilines is 1. The number of nitrogens with zero attached hydrogens (tertiary/aromatic N) is 2. The average molecular weight is 240 g/mol. The Balaban J connectivity index is 2.87. The molecule has 0 fully saturated rings. The zero-order valence-electron chi connectivity index (χ0n) is 7.39. The van der Waals surface area contributed by atoms with E-state index in [1.807, 2.05) is 0 Å². The molecule has 1 aromatic rings. The molecule has 0 aliphatic rings. The number of carbonyl (C=O) groups is 1. The highest BCUT2D eigenvalue weighted by Crippen LogP contribution is 2.22. The van der Waals surface area contributed by atoms with Crippen LogP contribution in [0.3, 0.4) is 0 Å². The van der Waals surface area contributed by atoms with Crippen LogP contribution in [0.15, 0.2) is 6.20 Å². The van der Waals surface area contributed by atoms with Crippen LogP contribution in [0.25, 0.3) is 0 Å². The molecule has 0 saturated carbocycles. The third-order valence-electron chi connectivity index (χ3n) is 1.37. The minimum atomic E-state index is -4.96. The summed E-state index contributed by atoms with van der Waals surface area (Å²) in [6.45, 7) is 1.52. The summed E-state index contributed by atoms with van der Waals surface area (Å²) >= 11 is 5.49. The Hall–Kier alpha value is -1.37. The number of hydrogen-bond donors (Lipinski definition) is 1. The van der Waals surface area contributed by atoms with Crippen LogP contribution >= 0.6 is 11.6 Å². The van der Waals surface area contributed by atoms with Gasteiger partial charge in [-0.05, 0) is 6.92 Å². The summed E-state index contributed by atoms with van der Waals surface area (Å²) in [5.74, 6) is -1.82. The van der Waals surface area contributed by atoms with Gasteiger partial charge in [-0.1, -0.05) is 11.6 Å². The summed E-state index contributed by atoms with van der Waals surface area (Å²) in [7, 11) is 0. The third-order valence-corrected chi connectivity index (χ3v) is 1.66. The van der Waals surface area contributed by atoms with Crippen LogP contribution in [-0.4, -0.2) is 22.1 Å². The van der Waals surface area contributed by atoms with E-state index in [4.69, 9.17) is 11.6 Å². The first-order valence-corrected chi connectivity index (χ1v) is 4.06. The number of alkyl halides is 3. The second kappa shape index (κ2) is 4.01. The monoisotopic (exact) mass is 239 g/mol. The lowest BCUT2D eigenvalue weighted by molar-refractivity contribution is -0.167. The van der Waals surface area contributed by atoms with E-state index in [-0.39, 0.29) is 10.8 Å². The van der Waals surface area contributed by atoms with Gasteiger partial charge in [-0.25, -0.2) is 9.97 Å². The SMILES string of the molecule is Cc1ncc(NC(=O)C(F)(F)F)c(Cl)n1. The molecule has 0 aromatic carbocycles. The summed E-state index contributed by atoms with van der Waals surface area (Å²) < 4.78 is 35.5. The summed E-state index contributed by atoms with van der Waals surface area (Å²) in [6, 6.07) is 0. The number of amides is 1. The highest BCUT2D eigenvalue weighted by atomic mass is 35.5. The molecule has 0 aliphatic carbocycles. The number of carbonyl (C=O) groups excluding carboxylic acids is 1. The van der Waals surface area contributed by atoms with Crippen molar-refractivity contribution in [3.63, 3.8) is 0 Å². The molecule has 4 nitrogen and oxygen atoms in total. The van der Waals surface area contributed by atoms with Crippen LogP contribution in [-0.2, 0) is 4.79 Å². The Morgan fingerprint density at radius 3 is 2.60 bits per heavy atom. The first-order chi connectivity index (χ1) is 6.80. The van der Waals surface area contributed by atoms with Gasteiger partial charge in [0.1, 0.15) is 5.82 Å². The number of halogens is 4. The molecule has 1 heterocycles. The minimum absolute atomic E-state index is 0.236. The van der Waals surface area contributed by atoms with Crippen molar-refractivity contribution in [2.24, 2.45) is 0 Å². The van der Waals surface area contributed by atoms with Gasteiger partial charge in [0.15, 0.2) is 5.15 Å². The number of aryl methyl sites for hydroxylation is 1. The van der Waals surface area contributed by atoms with Gasteiger partial charge in [-0.3, -0.25) is 4.79 Å². The zero-order valence-corrected chi connectivity index (χ0v) is 8.15. The lowest BCUT2D eigenvalue weighted by Gasteiger charge is -2.08. The van der Waals surface area contributed by atoms with E-state index >= 15 is 0 Å². The summed E-state index contributed by atoms with van der Waals surface area (Å²) in [4.78, 5) is 17.7. The lowest BCUT2D eigenvalue weighted by Crippen LogP contribution is -2.30. The van der Waals surface area contributed by atoms with Gasteiger partial charge in [0.25, 0.3) is 0 Å². The third kappa shape index (κ3) is 3.05. The van der Waals surface area contributed by atoms with Crippen LogP contribution < -0.4 is 5.32 Å². The van der Waals surface area contributed by atoms with Gasteiger partial charge in [-0.15, -0.1) is 0 Å². The maximum atomic E-state index is 11.8. The second-order valence-corrected chi connectivity index (χ2v) is 2.93. The van der Waals surface area contributed by atoms with Crippen LogP contribution in [0.4, 0.5) is 18.9 Å². The van der Waals surface area contributed by atoms with Crippen LogP contribution in [0.1, 0.15) is 5.82 Å². The van der Waals surface area contributed by atoms with Crippen molar-refractivity contribution >= 4 is 23.2 Å². The van der Waals surface area contributed by atoms with Crippen LogP contribution in [0.2, 0.25) is 5.15 Å². The van der Waals surface area contributed by atoms with E-state index in [2.05, 4.69) is 9.97 Å². The Morgan fingerprint density at radius 2 is 2.13 bits per heavy atom. The van der Waals surface area contributed by atoms with Crippen molar-refractivity contribution in [1.82, 2.24) is 9.97 Å². The fourth-order valence-electron chi connectivity index (χ4n) is 0.719. The molecule has 1 aromatic heterocycles. The van der Waals surface area contributed by atoms with Gasteiger partial charge in [0.2, 0.25) is 0 Å². The fourth-order valence-corrected chi connectivity index (χ4v) is 0.938. The molecule has 8 heteroatoms. The van der Waals surface area contributed by atoms with E-state index < -0.39 is 12.1 Å². The van der Waals surface area contributed by atoms with Crippen molar-refractivity contribution in [3.05, 3.63) is 17.2 Å². The van der Waals surface area contributed by atoms with Crippen molar-refractivity contribution in [1.29, 1.82) is 0 Å². The molecular formula is C7H5ClF3N3O. The first kappa shape index (κ1) is 11.7. The molecule has 0 saturated heterocycles. The zero-order chi connectivity index (χ0) is 11.6. The number of rotatable bonds is 1. The van der Waals surface area contributed by atoms with Crippen LogP contribution in [0.5, 0.6) is 0 Å². The van der Waals surface area contributed by atoms with E-state index in [1.165, 1.54) is 6.92 Å². The predicted octanol–water partition coefficient (Wildman–Crippen LogP) is 1.94. The van der Waals surface area contributed by atoms with Crippen molar-refractivity contribution in [3.8, 4) is 0 Å². The summed E-state index contributed by atoms with van der Waals surface area (Å²) in [6.07, 6.45) is -3.96. The molecule has 1 amide bonds. The Kier molecular flexibility index (Phi) is 3.13. The van der Waals surface area contributed by atoms with E-state index in [0.29, 0.717) is 5.82 Å². The molecule has 0 aliphatic heterocycles. The quantitative estimate of drug-likeness (QED) is 0.762. The molecule has 1 N–H and O–H groups in total. The van der Waals surface area contributed by atoms with E-state index in [1.54, 1.807) is 5.32 Å². The molecule has 0 atom stereocenters. The van der Waals surface area contributed by atoms with Gasteiger partial charge >= 0.3 is 12.1 Å². The molecule has 15 heavy (non-hydrogen) atoms. The minimum Gasteiger partial charge on any atom is -0.314 e. The standard InChI is InChI=1S/C7H5ClF3N3O/c1-3-12-2-4(5(8)13-3)14-6(15)7(9,10)11/h2H,1H3,(H,14,15). The Bertz CT molecular complexity index is 394. The molecule has 0 unspecified atom stereocenters. The summed E-state index contributed by atoms with van der Waals surface area (Å²) in [5.41, 5.74) is -0.274. The lowest BCUT2D eigenvalue weighted by atomic mass is 10.4. The molecule has 1 rings (SSSR count). The van der Waals surface area contributed by atoms with Gasteiger partial charge in [0, 0.05) is 0 Å². The highest BCUT2D eigenvalue weighted by molar-refractivity contribution is 6.32. The van der Waals surface area contributed by atoms with E-state index in [0.717, 1.165) is 6.20 Å². The average Bonchev–Trinajstić information content (AvgIpc) is 2.08. The first-order valence-electron chi connectivity index (χ1n) is 3.68. The van der Waals surface area contributed by atoms with Crippen molar-refractivity contribution in [2.45, 2.75) is 13.1 Å². The normalized spacial score (nSPS) is 11.3. The fraction of sp³-hybridized carbons (Fsp3) is 0.286.